The van der Waals surface area contributed by atoms with Crippen LogP contribution in [0.1, 0.15) is 24.4 Å². The Morgan fingerprint density at radius 3 is 2.86 bits per heavy atom. The van der Waals surface area contributed by atoms with E-state index in [9.17, 15) is 14.3 Å². The third-order valence-corrected chi connectivity index (χ3v) is 3.14. The van der Waals surface area contributed by atoms with Gasteiger partial charge < -0.3 is 20.2 Å². The Labute approximate surface area is 128 Å². The number of aliphatic hydroxyl groups is 1. The zero-order valence-corrected chi connectivity index (χ0v) is 12.3. The number of hydrogen-bond donors (Lipinski definition) is 3. The van der Waals surface area contributed by atoms with Gasteiger partial charge in [-0.3, -0.25) is 0 Å². The Kier molecular flexibility index (Phi) is 5.55. The zero-order valence-electron chi connectivity index (χ0n) is 12.3. The summed E-state index contributed by atoms with van der Waals surface area (Å²) in [4.78, 5) is 11.7. The van der Waals surface area contributed by atoms with Crippen molar-refractivity contribution in [1.29, 1.82) is 0 Å². The number of carbonyl (C=O) groups excluding carboxylic acids is 1. The summed E-state index contributed by atoms with van der Waals surface area (Å²) in [5.41, 5.74) is 0.809. The molecule has 5 nitrogen and oxygen atoms in total. The Morgan fingerprint density at radius 2 is 2.18 bits per heavy atom. The fourth-order valence-electron chi connectivity index (χ4n) is 2.11. The molecule has 0 fully saturated rings. The van der Waals surface area contributed by atoms with Crippen molar-refractivity contribution in [3.05, 3.63) is 59.8 Å². The van der Waals surface area contributed by atoms with E-state index in [1.807, 2.05) is 6.92 Å². The maximum atomic E-state index is 13.1. The maximum absolute atomic E-state index is 13.1. The van der Waals surface area contributed by atoms with E-state index in [4.69, 9.17) is 4.42 Å². The van der Waals surface area contributed by atoms with Gasteiger partial charge in [-0.05, 0) is 43.2 Å². The molecule has 2 aromatic rings. The Bertz CT molecular complexity index is 601. The molecule has 0 aliphatic rings. The van der Waals surface area contributed by atoms with E-state index in [1.165, 1.54) is 18.4 Å². The number of nitrogens with one attached hydrogen (secondary N) is 2. The molecule has 118 valence electrons. The maximum Gasteiger partial charge on any atom is 0.315 e. The minimum Gasteiger partial charge on any atom is -0.467 e. The van der Waals surface area contributed by atoms with Crippen molar-refractivity contribution in [2.24, 2.45) is 0 Å². The predicted octanol–water partition coefficient (Wildman–Crippen LogP) is 2.38. The van der Waals surface area contributed by atoms with Crippen LogP contribution in [-0.2, 0) is 6.42 Å². The van der Waals surface area contributed by atoms with Crippen LogP contribution in [0.15, 0.2) is 47.1 Å². The van der Waals surface area contributed by atoms with Crippen LogP contribution < -0.4 is 10.6 Å². The van der Waals surface area contributed by atoms with Crippen molar-refractivity contribution in [3.63, 3.8) is 0 Å². The lowest BCUT2D eigenvalue weighted by Gasteiger charge is -2.16. The molecular formula is C16H19FN2O3. The van der Waals surface area contributed by atoms with Gasteiger partial charge in [0.25, 0.3) is 0 Å². The quantitative estimate of drug-likeness (QED) is 0.767. The standard InChI is InChI=1S/C16H19FN2O3/c1-11(8-12-4-2-5-13(17)9-12)19-16(21)18-10-14(20)15-6-3-7-22-15/h2-7,9,11,14,20H,8,10H2,1H3,(H2,18,19,21). The molecule has 22 heavy (non-hydrogen) atoms. The number of hydrogen-bond acceptors (Lipinski definition) is 3. The molecule has 3 N–H and O–H groups in total. The van der Waals surface area contributed by atoms with Gasteiger partial charge >= 0.3 is 6.03 Å². The SMILES string of the molecule is CC(Cc1cccc(F)c1)NC(=O)NCC(O)c1ccco1. The summed E-state index contributed by atoms with van der Waals surface area (Å²) in [5, 5.41) is 15.1. The average Bonchev–Trinajstić information content (AvgIpc) is 2.98. The van der Waals surface area contributed by atoms with Gasteiger partial charge in [-0.1, -0.05) is 12.1 Å². The third kappa shape index (κ3) is 4.89. The number of furan rings is 1. The molecule has 0 saturated carbocycles. The lowest BCUT2D eigenvalue weighted by atomic mass is 10.1. The van der Waals surface area contributed by atoms with E-state index in [2.05, 4.69) is 10.6 Å². The van der Waals surface area contributed by atoms with E-state index in [0.717, 1.165) is 5.56 Å². The lowest BCUT2D eigenvalue weighted by Crippen LogP contribution is -2.43. The molecule has 0 aliphatic carbocycles. The van der Waals surface area contributed by atoms with Gasteiger partial charge in [-0.2, -0.15) is 0 Å². The van der Waals surface area contributed by atoms with Gasteiger partial charge in [0.05, 0.1) is 12.8 Å². The van der Waals surface area contributed by atoms with Crippen LogP contribution in [0.2, 0.25) is 0 Å². The normalized spacial score (nSPS) is 13.4. The van der Waals surface area contributed by atoms with Crippen LogP contribution in [0, 0.1) is 5.82 Å². The number of amides is 2. The number of aliphatic hydroxyl groups excluding tert-OH is 1. The van der Waals surface area contributed by atoms with Crippen LogP contribution >= 0.6 is 0 Å². The molecule has 2 rings (SSSR count). The van der Waals surface area contributed by atoms with Gasteiger partial charge in [0, 0.05) is 6.04 Å². The molecule has 2 unspecified atom stereocenters. The lowest BCUT2D eigenvalue weighted by molar-refractivity contribution is 0.147. The van der Waals surface area contributed by atoms with Crippen molar-refractivity contribution in [2.75, 3.05) is 6.54 Å². The van der Waals surface area contributed by atoms with E-state index in [-0.39, 0.29) is 18.4 Å². The number of halogens is 1. The molecule has 0 spiro atoms. The van der Waals surface area contributed by atoms with E-state index < -0.39 is 12.1 Å². The Morgan fingerprint density at radius 1 is 1.36 bits per heavy atom. The smallest absolute Gasteiger partial charge is 0.315 e. The second-order valence-corrected chi connectivity index (χ2v) is 5.12. The molecule has 1 heterocycles. The summed E-state index contributed by atoms with van der Waals surface area (Å²) in [6.07, 6.45) is 1.09. The molecule has 0 bridgehead atoms. The molecule has 1 aromatic heterocycles. The van der Waals surface area contributed by atoms with Gasteiger partial charge in [-0.25, -0.2) is 9.18 Å². The molecule has 2 atom stereocenters. The van der Waals surface area contributed by atoms with Crippen molar-refractivity contribution in [2.45, 2.75) is 25.5 Å². The van der Waals surface area contributed by atoms with Gasteiger partial charge in [0.1, 0.15) is 17.7 Å². The fraction of sp³-hybridized carbons (Fsp3) is 0.312. The fourth-order valence-corrected chi connectivity index (χ4v) is 2.11. The minimum atomic E-state index is -0.890. The molecule has 1 aromatic carbocycles. The first-order valence-electron chi connectivity index (χ1n) is 7.05. The van der Waals surface area contributed by atoms with Crippen LogP contribution in [0.25, 0.3) is 0 Å². The van der Waals surface area contributed by atoms with Crippen LogP contribution in [0.4, 0.5) is 9.18 Å². The van der Waals surface area contributed by atoms with Gasteiger partial charge in [0.2, 0.25) is 0 Å². The molecule has 0 aliphatic heterocycles. The topological polar surface area (TPSA) is 74.5 Å². The Balaban J connectivity index is 1.74. The predicted molar refractivity (Wildman–Crippen MR) is 79.8 cm³/mol. The second-order valence-electron chi connectivity index (χ2n) is 5.12. The van der Waals surface area contributed by atoms with E-state index in [1.54, 1.807) is 24.3 Å². The summed E-state index contributed by atoms with van der Waals surface area (Å²) in [6, 6.07) is 9.01. The summed E-state index contributed by atoms with van der Waals surface area (Å²) in [6.45, 7) is 1.87. The van der Waals surface area contributed by atoms with Gasteiger partial charge in [-0.15, -0.1) is 0 Å². The van der Waals surface area contributed by atoms with Gasteiger partial charge in [0.15, 0.2) is 0 Å². The average molecular weight is 306 g/mol. The van der Waals surface area contributed by atoms with E-state index >= 15 is 0 Å². The Hall–Kier alpha value is -2.34. The molecule has 6 heteroatoms. The van der Waals surface area contributed by atoms with E-state index in [0.29, 0.717) is 12.2 Å². The molecule has 0 saturated heterocycles. The zero-order chi connectivity index (χ0) is 15.9. The number of urea groups is 1. The summed E-state index contributed by atoms with van der Waals surface area (Å²) in [7, 11) is 0. The highest BCUT2D eigenvalue weighted by Crippen LogP contribution is 2.11. The second kappa shape index (κ2) is 7.61. The number of carbonyl (C=O) groups is 1. The first-order valence-corrected chi connectivity index (χ1v) is 7.05. The first kappa shape index (κ1) is 16.0. The molecule has 0 radical (unpaired) electrons. The van der Waals surface area contributed by atoms with Crippen molar-refractivity contribution in [3.8, 4) is 0 Å². The highest BCUT2D eigenvalue weighted by molar-refractivity contribution is 5.74. The number of benzene rings is 1. The van der Waals surface area contributed by atoms with Crippen molar-refractivity contribution >= 4 is 6.03 Å². The highest BCUT2D eigenvalue weighted by atomic mass is 19.1. The first-order chi connectivity index (χ1) is 10.5. The number of rotatable bonds is 6. The largest absolute Gasteiger partial charge is 0.467 e. The summed E-state index contributed by atoms with van der Waals surface area (Å²) in [5.74, 6) is 0.101. The summed E-state index contributed by atoms with van der Waals surface area (Å²) < 4.78 is 18.1. The third-order valence-electron chi connectivity index (χ3n) is 3.14. The van der Waals surface area contributed by atoms with Crippen LogP contribution in [0.5, 0.6) is 0 Å². The van der Waals surface area contributed by atoms with Crippen molar-refractivity contribution < 1.29 is 18.7 Å². The van der Waals surface area contributed by atoms with Crippen LogP contribution in [-0.4, -0.2) is 23.7 Å². The molecular weight excluding hydrogens is 287 g/mol. The molecule has 2 amide bonds. The minimum absolute atomic E-state index is 0.0477. The van der Waals surface area contributed by atoms with Crippen LogP contribution in [0.3, 0.4) is 0 Å². The van der Waals surface area contributed by atoms with Crippen molar-refractivity contribution in [1.82, 2.24) is 10.6 Å². The monoisotopic (exact) mass is 306 g/mol. The highest BCUT2D eigenvalue weighted by Gasteiger charge is 2.13. The summed E-state index contributed by atoms with van der Waals surface area (Å²) >= 11 is 0.